The van der Waals surface area contributed by atoms with Gasteiger partial charge < -0.3 is 14.4 Å². The van der Waals surface area contributed by atoms with Gasteiger partial charge in [-0.3, -0.25) is 0 Å². The number of ether oxygens (including phenoxy) is 1. The zero-order chi connectivity index (χ0) is 13.3. The van der Waals surface area contributed by atoms with Gasteiger partial charge in [0.2, 0.25) is 0 Å². The summed E-state index contributed by atoms with van der Waals surface area (Å²) in [7, 11) is 1.59. The van der Waals surface area contributed by atoms with Crippen molar-refractivity contribution in [2.75, 3.05) is 7.11 Å². The lowest BCUT2D eigenvalue weighted by atomic mass is 10.2. The van der Waals surface area contributed by atoms with Gasteiger partial charge in [0.1, 0.15) is 5.75 Å². The molecule has 2 aromatic rings. The maximum Gasteiger partial charge on any atom is 0.137 e. The Bertz CT molecular complexity index is 575. The van der Waals surface area contributed by atoms with Crippen molar-refractivity contribution in [3.63, 3.8) is 0 Å². The third-order valence-electron chi connectivity index (χ3n) is 3.10. The van der Waals surface area contributed by atoms with Gasteiger partial charge >= 0.3 is 0 Å². The molecule has 1 heterocycles. The summed E-state index contributed by atoms with van der Waals surface area (Å²) >= 11 is 6.14. The first-order chi connectivity index (χ1) is 8.58. The van der Waals surface area contributed by atoms with Gasteiger partial charge in [-0.05, 0) is 43.7 Å². The monoisotopic (exact) mass is 265 g/mol. The minimum absolute atomic E-state index is 0.0452. The molecular weight excluding hydrogens is 250 g/mol. The SMILES string of the molecule is COc1ccc(-n2c(C)cc(CO)c2C)cc1Cl. The summed E-state index contributed by atoms with van der Waals surface area (Å²) in [6, 6.07) is 7.63. The number of methoxy groups -OCH3 is 1. The minimum atomic E-state index is 0.0452. The number of aromatic nitrogens is 1. The van der Waals surface area contributed by atoms with Crippen LogP contribution in [0.3, 0.4) is 0 Å². The van der Waals surface area contributed by atoms with Crippen LogP contribution in [-0.4, -0.2) is 16.8 Å². The van der Waals surface area contributed by atoms with E-state index in [2.05, 4.69) is 4.57 Å². The van der Waals surface area contributed by atoms with Crippen LogP contribution < -0.4 is 4.74 Å². The van der Waals surface area contributed by atoms with E-state index < -0.39 is 0 Å². The maximum absolute atomic E-state index is 9.28. The fourth-order valence-corrected chi connectivity index (χ4v) is 2.43. The molecule has 0 fully saturated rings. The van der Waals surface area contributed by atoms with E-state index >= 15 is 0 Å². The highest BCUT2D eigenvalue weighted by Gasteiger charge is 2.11. The topological polar surface area (TPSA) is 34.4 Å². The van der Waals surface area contributed by atoms with Gasteiger partial charge in [0, 0.05) is 17.1 Å². The van der Waals surface area contributed by atoms with Crippen LogP contribution in [0.5, 0.6) is 5.75 Å². The molecule has 0 bridgehead atoms. The van der Waals surface area contributed by atoms with Crippen LogP contribution in [0.1, 0.15) is 17.0 Å². The van der Waals surface area contributed by atoms with Crippen molar-refractivity contribution in [2.45, 2.75) is 20.5 Å². The van der Waals surface area contributed by atoms with Crippen molar-refractivity contribution < 1.29 is 9.84 Å². The molecule has 0 unspecified atom stereocenters. The number of rotatable bonds is 3. The number of benzene rings is 1. The molecular formula is C14H16ClNO2. The second-order valence-corrected chi connectivity index (χ2v) is 4.62. The van der Waals surface area contributed by atoms with Crippen LogP contribution in [0.2, 0.25) is 5.02 Å². The summed E-state index contributed by atoms with van der Waals surface area (Å²) in [5.74, 6) is 0.658. The summed E-state index contributed by atoms with van der Waals surface area (Å²) in [6.45, 7) is 4.03. The minimum Gasteiger partial charge on any atom is -0.495 e. The van der Waals surface area contributed by atoms with Crippen molar-refractivity contribution in [2.24, 2.45) is 0 Å². The van der Waals surface area contributed by atoms with Gasteiger partial charge in [0.05, 0.1) is 18.7 Å². The lowest BCUT2D eigenvalue weighted by molar-refractivity contribution is 0.281. The van der Waals surface area contributed by atoms with Crippen LogP contribution in [0, 0.1) is 13.8 Å². The molecule has 0 saturated carbocycles. The molecule has 0 atom stereocenters. The third-order valence-corrected chi connectivity index (χ3v) is 3.40. The van der Waals surface area contributed by atoms with Crippen molar-refractivity contribution in [3.05, 3.63) is 46.2 Å². The highest BCUT2D eigenvalue weighted by atomic mass is 35.5. The largest absolute Gasteiger partial charge is 0.495 e. The molecule has 0 amide bonds. The molecule has 3 nitrogen and oxygen atoms in total. The van der Waals surface area contributed by atoms with Gasteiger partial charge in [-0.1, -0.05) is 11.6 Å². The first kappa shape index (κ1) is 13.0. The van der Waals surface area contributed by atoms with Crippen molar-refractivity contribution in [1.29, 1.82) is 0 Å². The Morgan fingerprint density at radius 3 is 2.50 bits per heavy atom. The van der Waals surface area contributed by atoms with Gasteiger partial charge in [-0.25, -0.2) is 0 Å². The number of hydrogen-bond donors (Lipinski definition) is 1. The van der Waals surface area contributed by atoms with E-state index in [0.717, 1.165) is 22.6 Å². The first-order valence-corrected chi connectivity index (χ1v) is 6.09. The highest BCUT2D eigenvalue weighted by Crippen LogP contribution is 2.29. The van der Waals surface area contributed by atoms with Gasteiger partial charge in [-0.2, -0.15) is 0 Å². The van der Waals surface area contributed by atoms with E-state index in [-0.39, 0.29) is 6.61 Å². The lowest BCUT2D eigenvalue weighted by Gasteiger charge is -2.12. The molecule has 4 heteroatoms. The summed E-state index contributed by atoms with van der Waals surface area (Å²) in [4.78, 5) is 0. The van der Waals surface area contributed by atoms with Crippen LogP contribution in [0.4, 0.5) is 0 Å². The van der Waals surface area contributed by atoms with Gasteiger partial charge in [-0.15, -0.1) is 0 Å². The lowest BCUT2D eigenvalue weighted by Crippen LogP contribution is -2.00. The number of aliphatic hydroxyl groups is 1. The second-order valence-electron chi connectivity index (χ2n) is 4.21. The molecule has 0 aliphatic heterocycles. The molecule has 0 aliphatic rings. The van der Waals surface area contributed by atoms with Crippen molar-refractivity contribution >= 4 is 11.6 Å². The molecule has 0 aliphatic carbocycles. The Balaban J connectivity index is 2.55. The molecule has 0 saturated heterocycles. The summed E-state index contributed by atoms with van der Waals surface area (Å²) in [5, 5.41) is 9.86. The number of aliphatic hydroxyl groups excluding tert-OH is 1. The highest BCUT2D eigenvalue weighted by molar-refractivity contribution is 6.32. The maximum atomic E-state index is 9.28. The molecule has 1 aromatic heterocycles. The zero-order valence-corrected chi connectivity index (χ0v) is 11.5. The van der Waals surface area contributed by atoms with Crippen molar-refractivity contribution in [1.82, 2.24) is 4.57 Å². The summed E-state index contributed by atoms with van der Waals surface area (Å²) < 4.78 is 7.21. The van der Waals surface area contributed by atoms with E-state index in [1.165, 1.54) is 0 Å². The van der Waals surface area contributed by atoms with E-state index in [1.54, 1.807) is 7.11 Å². The molecule has 96 valence electrons. The Morgan fingerprint density at radius 1 is 1.28 bits per heavy atom. The number of hydrogen-bond acceptors (Lipinski definition) is 2. The quantitative estimate of drug-likeness (QED) is 0.924. The van der Waals surface area contributed by atoms with Crippen LogP contribution in [0.15, 0.2) is 24.3 Å². The summed E-state index contributed by atoms with van der Waals surface area (Å²) in [5.41, 5.74) is 3.99. The normalized spacial score (nSPS) is 10.7. The number of aryl methyl sites for hydroxylation is 1. The average Bonchev–Trinajstić information content (AvgIpc) is 2.64. The smallest absolute Gasteiger partial charge is 0.137 e. The Kier molecular flexibility index (Phi) is 3.64. The standard InChI is InChI=1S/C14H16ClNO2/c1-9-6-11(8-17)10(2)16(9)12-4-5-14(18-3)13(15)7-12/h4-7,17H,8H2,1-3H3. The van der Waals surface area contributed by atoms with Gasteiger partial charge in [0.15, 0.2) is 0 Å². The third kappa shape index (κ3) is 2.11. The van der Waals surface area contributed by atoms with Crippen molar-refractivity contribution in [3.8, 4) is 11.4 Å². The average molecular weight is 266 g/mol. The first-order valence-electron chi connectivity index (χ1n) is 5.71. The van der Waals surface area contributed by atoms with E-state index in [9.17, 15) is 5.11 Å². The summed E-state index contributed by atoms with van der Waals surface area (Å²) in [6.07, 6.45) is 0. The number of halogens is 1. The Hall–Kier alpha value is -1.45. The number of nitrogens with zero attached hydrogens (tertiary/aromatic N) is 1. The van der Waals surface area contributed by atoms with Crippen LogP contribution >= 0.6 is 11.6 Å². The van der Waals surface area contributed by atoms with Crippen LogP contribution in [0.25, 0.3) is 5.69 Å². The molecule has 0 spiro atoms. The molecule has 1 aromatic carbocycles. The van der Waals surface area contributed by atoms with E-state index in [0.29, 0.717) is 10.8 Å². The van der Waals surface area contributed by atoms with E-state index in [4.69, 9.17) is 16.3 Å². The molecule has 2 rings (SSSR count). The zero-order valence-electron chi connectivity index (χ0n) is 10.7. The second kappa shape index (κ2) is 5.04. The Morgan fingerprint density at radius 2 is 2.00 bits per heavy atom. The predicted molar refractivity (Wildman–Crippen MR) is 72.7 cm³/mol. The van der Waals surface area contributed by atoms with Crippen LogP contribution in [-0.2, 0) is 6.61 Å². The Labute approximate surface area is 112 Å². The molecule has 0 radical (unpaired) electrons. The van der Waals surface area contributed by atoms with E-state index in [1.807, 2.05) is 38.1 Å². The predicted octanol–water partition coefficient (Wildman–Crippen LogP) is 3.25. The molecule has 1 N–H and O–H groups in total. The fourth-order valence-electron chi connectivity index (χ4n) is 2.18. The molecule has 18 heavy (non-hydrogen) atoms. The fraction of sp³-hybridized carbons (Fsp3) is 0.286. The van der Waals surface area contributed by atoms with Gasteiger partial charge in [0.25, 0.3) is 0 Å².